The Bertz CT molecular complexity index is 668. The SMILES string of the molecule is CCC(COC)NC(=O)N(CC)CCc1nc2ccc(C)cc2[nH]1. The average Bonchev–Trinajstić information content (AvgIpc) is 2.96. The lowest BCUT2D eigenvalue weighted by Gasteiger charge is -2.24. The smallest absolute Gasteiger partial charge is 0.317 e. The Labute approximate surface area is 143 Å². The Kier molecular flexibility index (Phi) is 6.61. The minimum absolute atomic E-state index is 0.0470. The zero-order valence-electron chi connectivity index (χ0n) is 15.1. The number of H-pyrrole nitrogens is 1. The topological polar surface area (TPSA) is 70.2 Å². The molecule has 0 spiro atoms. The number of aromatic nitrogens is 2. The third kappa shape index (κ3) is 4.71. The monoisotopic (exact) mass is 332 g/mol. The molecule has 1 atom stereocenters. The summed E-state index contributed by atoms with van der Waals surface area (Å²) in [5.74, 6) is 0.908. The van der Waals surface area contributed by atoms with E-state index in [4.69, 9.17) is 4.74 Å². The van der Waals surface area contributed by atoms with E-state index in [1.165, 1.54) is 5.56 Å². The van der Waals surface area contributed by atoms with Crippen molar-refractivity contribution >= 4 is 17.1 Å². The van der Waals surface area contributed by atoms with Crippen LogP contribution in [0.3, 0.4) is 0 Å². The molecule has 2 amide bonds. The van der Waals surface area contributed by atoms with Crippen LogP contribution in [0.4, 0.5) is 4.79 Å². The van der Waals surface area contributed by atoms with Crippen molar-refractivity contribution in [3.05, 3.63) is 29.6 Å². The van der Waals surface area contributed by atoms with E-state index in [2.05, 4.69) is 34.3 Å². The van der Waals surface area contributed by atoms with Gasteiger partial charge in [0.05, 0.1) is 23.7 Å². The van der Waals surface area contributed by atoms with Crippen LogP contribution >= 0.6 is 0 Å². The summed E-state index contributed by atoms with van der Waals surface area (Å²) in [6.07, 6.45) is 1.55. The number of methoxy groups -OCH3 is 1. The Morgan fingerprint density at radius 3 is 2.88 bits per heavy atom. The van der Waals surface area contributed by atoms with Crippen molar-refractivity contribution in [2.24, 2.45) is 0 Å². The second-order valence-electron chi connectivity index (χ2n) is 6.04. The summed E-state index contributed by atoms with van der Waals surface area (Å²) in [7, 11) is 1.65. The largest absolute Gasteiger partial charge is 0.383 e. The maximum Gasteiger partial charge on any atom is 0.317 e. The fourth-order valence-corrected chi connectivity index (χ4v) is 2.67. The molecule has 1 heterocycles. The highest BCUT2D eigenvalue weighted by atomic mass is 16.5. The Hall–Kier alpha value is -2.08. The predicted octanol–water partition coefficient (Wildman–Crippen LogP) is 2.87. The Morgan fingerprint density at radius 1 is 1.42 bits per heavy atom. The standard InChI is InChI=1S/C18H28N4O2/c1-5-14(12-24-4)19-18(23)22(6-2)10-9-17-20-15-8-7-13(3)11-16(15)21-17/h7-8,11,14H,5-6,9-10,12H2,1-4H3,(H,19,23)(H,20,21). The Morgan fingerprint density at radius 2 is 2.21 bits per heavy atom. The van der Waals surface area contributed by atoms with Gasteiger partial charge in [-0.05, 0) is 38.0 Å². The number of hydrogen-bond donors (Lipinski definition) is 2. The number of likely N-dealkylation sites (N-methyl/N-ethyl adjacent to an activating group) is 1. The molecule has 24 heavy (non-hydrogen) atoms. The fraction of sp³-hybridized carbons (Fsp3) is 0.556. The van der Waals surface area contributed by atoms with Gasteiger partial charge in [0.15, 0.2) is 0 Å². The molecule has 6 nitrogen and oxygen atoms in total. The quantitative estimate of drug-likeness (QED) is 0.781. The predicted molar refractivity (Wildman–Crippen MR) is 96.3 cm³/mol. The van der Waals surface area contributed by atoms with Gasteiger partial charge in [-0.3, -0.25) is 0 Å². The first-order chi connectivity index (χ1) is 11.6. The molecule has 0 radical (unpaired) electrons. The van der Waals surface area contributed by atoms with Crippen molar-refractivity contribution in [3.8, 4) is 0 Å². The highest BCUT2D eigenvalue weighted by molar-refractivity contribution is 5.76. The number of imidazole rings is 1. The molecule has 6 heteroatoms. The number of carbonyl (C=O) groups is 1. The molecule has 2 rings (SSSR count). The number of amides is 2. The van der Waals surface area contributed by atoms with Gasteiger partial charge in [-0.1, -0.05) is 13.0 Å². The second-order valence-corrected chi connectivity index (χ2v) is 6.04. The van der Waals surface area contributed by atoms with Gasteiger partial charge in [0.25, 0.3) is 0 Å². The minimum atomic E-state index is -0.0478. The first kappa shape index (κ1) is 18.3. The van der Waals surface area contributed by atoms with Crippen molar-refractivity contribution in [3.63, 3.8) is 0 Å². The number of benzene rings is 1. The number of fused-ring (bicyclic) bond motifs is 1. The van der Waals surface area contributed by atoms with Gasteiger partial charge in [-0.25, -0.2) is 9.78 Å². The molecule has 0 saturated carbocycles. The van der Waals surface area contributed by atoms with Crippen LogP contribution < -0.4 is 5.32 Å². The summed E-state index contributed by atoms with van der Waals surface area (Å²) in [6.45, 7) is 7.91. The highest BCUT2D eigenvalue weighted by Gasteiger charge is 2.16. The van der Waals surface area contributed by atoms with Gasteiger partial charge in [0.1, 0.15) is 5.82 Å². The number of hydrogen-bond acceptors (Lipinski definition) is 3. The van der Waals surface area contributed by atoms with Crippen molar-refractivity contribution in [2.45, 2.75) is 39.7 Å². The van der Waals surface area contributed by atoms with Crippen molar-refractivity contribution in [2.75, 3.05) is 26.8 Å². The van der Waals surface area contributed by atoms with Gasteiger partial charge < -0.3 is 19.9 Å². The summed E-state index contributed by atoms with van der Waals surface area (Å²) in [4.78, 5) is 22.1. The van der Waals surface area contributed by atoms with Crippen LogP contribution in [0.1, 0.15) is 31.7 Å². The summed E-state index contributed by atoms with van der Waals surface area (Å²) >= 11 is 0. The molecule has 2 N–H and O–H groups in total. The molecular weight excluding hydrogens is 304 g/mol. The number of urea groups is 1. The first-order valence-electron chi connectivity index (χ1n) is 8.57. The number of rotatable bonds is 8. The van der Waals surface area contributed by atoms with Crippen LogP contribution in [0, 0.1) is 6.92 Å². The van der Waals surface area contributed by atoms with Crippen LogP contribution in [0.15, 0.2) is 18.2 Å². The van der Waals surface area contributed by atoms with E-state index in [0.717, 1.165) is 23.3 Å². The molecule has 1 unspecified atom stereocenters. The van der Waals surface area contributed by atoms with Gasteiger partial charge in [0.2, 0.25) is 0 Å². The zero-order chi connectivity index (χ0) is 17.5. The first-order valence-corrected chi connectivity index (χ1v) is 8.57. The van der Waals surface area contributed by atoms with Crippen LogP contribution in [0.5, 0.6) is 0 Å². The summed E-state index contributed by atoms with van der Waals surface area (Å²) in [5.41, 5.74) is 3.22. The molecule has 2 aromatic rings. The molecule has 0 aliphatic heterocycles. The van der Waals surface area contributed by atoms with Crippen LogP contribution in [0.25, 0.3) is 11.0 Å². The van der Waals surface area contributed by atoms with E-state index in [9.17, 15) is 4.79 Å². The molecule has 0 aliphatic carbocycles. The van der Waals surface area contributed by atoms with Crippen molar-refractivity contribution in [1.29, 1.82) is 0 Å². The lowest BCUT2D eigenvalue weighted by Crippen LogP contribution is -2.46. The van der Waals surface area contributed by atoms with Crippen LogP contribution in [0.2, 0.25) is 0 Å². The van der Waals surface area contributed by atoms with E-state index >= 15 is 0 Å². The third-order valence-corrected chi connectivity index (χ3v) is 4.16. The zero-order valence-corrected chi connectivity index (χ0v) is 15.1. The molecule has 0 saturated heterocycles. The molecule has 0 bridgehead atoms. The van der Waals surface area contributed by atoms with E-state index in [1.54, 1.807) is 12.0 Å². The summed E-state index contributed by atoms with van der Waals surface area (Å²) in [6, 6.07) is 6.16. The van der Waals surface area contributed by atoms with E-state index in [1.807, 2.05) is 19.9 Å². The number of ether oxygens (including phenoxy) is 1. The third-order valence-electron chi connectivity index (χ3n) is 4.16. The molecule has 132 valence electrons. The maximum absolute atomic E-state index is 12.4. The summed E-state index contributed by atoms with van der Waals surface area (Å²) < 4.78 is 5.13. The molecule has 1 aromatic carbocycles. The van der Waals surface area contributed by atoms with Gasteiger partial charge in [0, 0.05) is 26.6 Å². The average molecular weight is 332 g/mol. The molecule has 0 aliphatic rings. The van der Waals surface area contributed by atoms with Gasteiger partial charge in [-0.2, -0.15) is 0 Å². The van der Waals surface area contributed by atoms with Crippen LogP contribution in [-0.2, 0) is 11.2 Å². The Balaban J connectivity index is 1.95. The fourth-order valence-electron chi connectivity index (χ4n) is 2.67. The highest BCUT2D eigenvalue weighted by Crippen LogP contribution is 2.13. The van der Waals surface area contributed by atoms with Crippen LogP contribution in [-0.4, -0.2) is 53.7 Å². The molecular formula is C18H28N4O2. The number of aromatic amines is 1. The number of aryl methyl sites for hydroxylation is 1. The van der Waals surface area contributed by atoms with Crippen molar-refractivity contribution < 1.29 is 9.53 Å². The lowest BCUT2D eigenvalue weighted by molar-refractivity contribution is 0.153. The van der Waals surface area contributed by atoms with E-state index in [-0.39, 0.29) is 12.1 Å². The number of nitrogens with one attached hydrogen (secondary N) is 2. The molecule has 1 aromatic heterocycles. The molecule has 0 fully saturated rings. The van der Waals surface area contributed by atoms with Gasteiger partial charge >= 0.3 is 6.03 Å². The summed E-state index contributed by atoms with van der Waals surface area (Å²) in [5, 5.41) is 3.02. The second kappa shape index (κ2) is 8.68. The number of carbonyl (C=O) groups excluding carboxylic acids is 1. The minimum Gasteiger partial charge on any atom is -0.383 e. The van der Waals surface area contributed by atoms with E-state index in [0.29, 0.717) is 26.1 Å². The van der Waals surface area contributed by atoms with Gasteiger partial charge in [-0.15, -0.1) is 0 Å². The van der Waals surface area contributed by atoms with Crippen molar-refractivity contribution in [1.82, 2.24) is 20.2 Å². The maximum atomic E-state index is 12.4. The lowest BCUT2D eigenvalue weighted by atomic mass is 10.2. The number of nitrogens with zero attached hydrogens (tertiary/aromatic N) is 2. The van der Waals surface area contributed by atoms with E-state index < -0.39 is 0 Å². The normalized spacial score (nSPS) is 12.3.